The molecule has 0 bridgehead atoms. The number of nitrogens with zero attached hydrogens (tertiary/aromatic N) is 4. The van der Waals surface area contributed by atoms with E-state index in [4.69, 9.17) is 23.8 Å². The van der Waals surface area contributed by atoms with Gasteiger partial charge in [0.25, 0.3) is 0 Å². The van der Waals surface area contributed by atoms with Crippen molar-refractivity contribution in [1.82, 2.24) is 19.5 Å². The van der Waals surface area contributed by atoms with Gasteiger partial charge in [-0.2, -0.15) is 0 Å². The van der Waals surface area contributed by atoms with Crippen molar-refractivity contribution in [3.8, 4) is 39.6 Å². The van der Waals surface area contributed by atoms with Crippen molar-refractivity contribution in [2.45, 2.75) is 12.8 Å². The minimum Gasteiger partial charge on any atom is -0.456 e. The molecule has 268 valence electrons. The van der Waals surface area contributed by atoms with Crippen LogP contribution >= 0.6 is 0 Å². The zero-order valence-electron chi connectivity index (χ0n) is 30.7. The van der Waals surface area contributed by atoms with Gasteiger partial charge in [0.05, 0.1) is 11.0 Å². The zero-order chi connectivity index (χ0) is 37.5. The van der Waals surface area contributed by atoms with E-state index < -0.39 is 0 Å². The van der Waals surface area contributed by atoms with E-state index in [2.05, 4.69) is 144 Å². The first-order valence-corrected chi connectivity index (χ1v) is 19.3. The van der Waals surface area contributed by atoms with Gasteiger partial charge in [0, 0.05) is 66.3 Å². The van der Waals surface area contributed by atoms with Gasteiger partial charge >= 0.3 is 0 Å². The Bertz CT molecular complexity index is 3420. The van der Waals surface area contributed by atoms with Gasteiger partial charge in [0.1, 0.15) is 22.3 Å². The lowest BCUT2D eigenvalue weighted by Gasteiger charge is -2.10. The smallest absolute Gasteiger partial charge is 0.164 e. The topological polar surface area (TPSA) is 69.9 Å². The van der Waals surface area contributed by atoms with Crippen LogP contribution in [-0.4, -0.2) is 19.5 Å². The molecule has 0 radical (unpaired) electrons. The molecule has 12 rings (SSSR count). The maximum atomic E-state index is 6.75. The lowest BCUT2D eigenvalue weighted by atomic mass is 10.00. The molecule has 0 aliphatic heterocycles. The van der Waals surface area contributed by atoms with E-state index in [1.807, 2.05) is 30.3 Å². The van der Waals surface area contributed by atoms with Crippen molar-refractivity contribution >= 4 is 71.3 Å². The first kappa shape index (κ1) is 31.7. The zero-order valence-corrected chi connectivity index (χ0v) is 30.7. The van der Waals surface area contributed by atoms with Gasteiger partial charge in [0.15, 0.2) is 17.5 Å². The fourth-order valence-corrected chi connectivity index (χ4v) is 8.57. The minimum atomic E-state index is 0.611. The molecule has 0 atom stereocenters. The molecule has 0 unspecified atom stereocenters. The number of benzene rings is 7. The molecule has 0 saturated heterocycles. The highest BCUT2D eigenvalue weighted by Gasteiger charge is 2.19. The average Bonchev–Trinajstić information content (AvgIpc) is 3.95. The predicted molar refractivity (Wildman–Crippen MR) is 231 cm³/mol. The van der Waals surface area contributed by atoms with Crippen LogP contribution in [0.3, 0.4) is 0 Å². The summed E-state index contributed by atoms with van der Waals surface area (Å²) in [4.78, 5) is 14.8. The molecule has 0 amide bonds. The van der Waals surface area contributed by atoms with Crippen molar-refractivity contribution in [3.63, 3.8) is 0 Å². The summed E-state index contributed by atoms with van der Waals surface area (Å²) in [6.07, 6.45) is 8.47. The summed E-state index contributed by atoms with van der Waals surface area (Å²) in [5.74, 6) is 1.93. The number of furan rings is 2. The molecular weight excluding hydrogens is 701 g/mol. The first-order chi connectivity index (χ1) is 28.2. The molecule has 6 nitrogen and oxygen atoms in total. The maximum absolute atomic E-state index is 6.75. The van der Waals surface area contributed by atoms with Crippen molar-refractivity contribution in [3.05, 3.63) is 176 Å². The predicted octanol–water partition coefficient (Wildman–Crippen LogP) is 13.5. The second-order valence-electron chi connectivity index (χ2n) is 14.7. The third-order valence-corrected chi connectivity index (χ3v) is 11.3. The molecular formula is C51H32N4O2. The number of rotatable bonds is 5. The number of fused-ring (bicyclic) bond motifs is 9. The van der Waals surface area contributed by atoms with Crippen molar-refractivity contribution in [2.75, 3.05) is 0 Å². The van der Waals surface area contributed by atoms with Crippen LogP contribution in [0.4, 0.5) is 0 Å². The van der Waals surface area contributed by atoms with E-state index in [-0.39, 0.29) is 0 Å². The normalized spacial score (nSPS) is 13.2. The van der Waals surface area contributed by atoms with Crippen molar-refractivity contribution < 1.29 is 8.83 Å². The van der Waals surface area contributed by atoms with E-state index >= 15 is 0 Å². The van der Waals surface area contributed by atoms with Gasteiger partial charge in [0.2, 0.25) is 0 Å². The molecule has 6 heteroatoms. The third kappa shape index (κ3) is 5.07. The molecule has 1 aliphatic carbocycles. The highest BCUT2D eigenvalue weighted by molar-refractivity contribution is 6.13. The molecule has 57 heavy (non-hydrogen) atoms. The molecule has 4 heterocycles. The monoisotopic (exact) mass is 732 g/mol. The van der Waals surface area contributed by atoms with Gasteiger partial charge < -0.3 is 13.4 Å². The second-order valence-corrected chi connectivity index (χ2v) is 14.7. The number of aromatic nitrogens is 4. The highest BCUT2D eigenvalue weighted by atomic mass is 16.3. The van der Waals surface area contributed by atoms with Crippen LogP contribution in [0.25, 0.3) is 111 Å². The number of hydrogen-bond acceptors (Lipinski definition) is 5. The Hall–Kier alpha value is -7.57. The molecule has 0 fully saturated rings. The molecule has 11 aromatic rings. The summed E-state index contributed by atoms with van der Waals surface area (Å²) >= 11 is 0. The molecule has 1 aliphatic rings. The SMILES string of the molecule is C1=CC(c2nc(-c3ccccc3)nc(-c3ccc4c(c3)oc3c(-c5ccc6oc7cc(-n8c9ccccc9c9ccccc98)ccc7c6c5)cccc34)n2)=CCC1. The van der Waals surface area contributed by atoms with Crippen LogP contribution in [0.5, 0.6) is 0 Å². The van der Waals surface area contributed by atoms with Gasteiger partial charge in [-0.05, 0) is 66.9 Å². The molecule has 0 N–H and O–H groups in total. The number of hydrogen-bond donors (Lipinski definition) is 0. The van der Waals surface area contributed by atoms with Crippen LogP contribution in [0.15, 0.2) is 179 Å². The minimum absolute atomic E-state index is 0.611. The van der Waals surface area contributed by atoms with Gasteiger partial charge in [-0.1, -0.05) is 115 Å². The van der Waals surface area contributed by atoms with E-state index in [9.17, 15) is 0 Å². The van der Waals surface area contributed by atoms with Crippen LogP contribution in [0.2, 0.25) is 0 Å². The second kappa shape index (κ2) is 12.5. The average molecular weight is 733 g/mol. The van der Waals surface area contributed by atoms with Crippen LogP contribution in [-0.2, 0) is 0 Å². The maximum Gasteiger partial charge on any atom is 0.164 e. The van der Waals surface area contributed by atoms with E-state index in [1.54, 1.807) is 0 Å². The van der Waals surface area contributed by atoms with Crippen LogP contribution < -0.4 is 0 Å². The number of para-hydroxylation sites is 3. The summed E-state index contributed by atoms with van der Waals surface area (Å²) in [5, 5.41) is 6.71. The largest absolute Gasteiger partial charge is 0.456 e. The fraction of sp³-hybridized carbons (Fsp3) is 0.0392. The van der Waals surface area contributed by atoms with Crippen LogP contribution in [0.1, 0.15) is 18.7 Å². The quantitative estimate of drug-likeness (QED) is 0.176. The Labute approximate surface area is 326 Å². The summed E-state index contributed by atoms with van der Waals surface area (Å²) in [6, 6.07) is 52.8. The van der Waals surface area contributed by atoms with E-state index in [0.29, 0.717) is 17.5 Å². The summed E-state index contributed by atoms with van der Waals surface area (Å²) in [5.41, 5.74) is 11.6. The third-order valence-electron chi connectivity index (χ3n) is 11.3. The number of allylic oxidation sites excluding steroid dienone is 4. The fourth-order valence-electron chi connectivity index (χ4n) is 8.57. The van der Waals surface area contributed by atoms with Crippen LogP contribution in [0, 0.1) is 0 Å². The van der Waals surface area contributed by atoms with Crippen molar-refractivity contribution in [2.24, 2.45) is 0 Å². The van der Waals surface area contributed by atoms with Crippen molar-refractivity contribution in [1.29, 1.82) is 0 Å². The molecule has 4 aromatic heterocycles. The lowest BCUT2D eigenvalue weighted by molar-refractivity contribution is 0.668. The summed E-state index contributed by atoms with van der Waals surface area (Å²) in [7, 11) is 0. The highest BCUT2D eigenvalue weighted by Crippen LogP contribution is 2.41. The van der Waals surface area contributed by atoms with Gasteiger partial charge in [-0.3, -0.25) is 0 Å². The first-order valence-electron chi connectivity index (χ1n) is 19.3. The standard InChI is InChI=1S/C51H32N4O2/c1-3-12-31(13-4-1)49-52-50(32-14-5-2-6-15-32)54-51(53-49)34-22-25-39-41-19-11-18-36(48(41)57-46(39)29-34)33-23-27-45-42(28-33)40-26-24-35(30-47(40)56-45)55-43-20-9-7-16-37(43)38-17-8-10-21-44(38)55/h1,3-5,7-30H,2,6H2. The Kier molecular flexibility index (Phi) is 6.95. The lowest BCUT2D eigenvalue weighted by Crippen LogP contribution is -2.03. The molecule has 7 aromatic carbocycles. The Balaban J connectivity index is 0.956. The van der Waals surface area contributed by atoms with Gasteiger partial charge in [-0.15, -0.1) is 0 Å². The summed E-state index contributed by atoms with van der Waals surface area (Å²) in [6.45, 7) is 0. The Morgan fingerprint density at radius 1 is 0.439 bits per heavy atom. The van der Waals surface area contributed by atoms with Gasteiger partial charge in [-0.25, -0.2) is 15.0 Å². The Morgan fingerprint density at radius 2 is 1.12 bits per heavy atom. The molecule has 0 saturated carbocycles. The van der Waals surface area contributed by atoms with E-state index in [1.165, 1.54) is 21.8 Å². The van der Waals surface area contributed by atoms with E-state index in [0.717, 1.165) is 90.2 Å². The summed E-state index contributed by atoms with van der Waals surface area (Å²) < 4.78 is 15.6. The Morgan fingerprint density at radius 3 is 1.93 bits per heavy atom. The molecule has 0 spiro atoms.